The molecule has 0 aliphatic heterocycles. The van der Waals surface area contributed by atoms with Crippen LogP contribution in [-0.4, -0.2) is 42.2 Å². The van der Waals surface area contributed by atoms with Gasteiger partial charge in [0.05, 0.1) is 6.61 Å². The summed E-state index contributed by atoms with van der Waals surface area (Å²) in [6, 6.07) is 5.81. The van der Waals surface area contributed by atoms with E-state index in [1.54, 1.807) is 12.1 Å². The number of nitrogens with one attached hydrogen (secondary N) is 1. The van der Waals surface area contributed by atoms with Gasteiger partial charge in [0.1, 0.15) is 5.82 Å². The van der Waals surface area contributed by atoms with Crippen molar-refractivity contribution in [2.45, 2.75) is 33.2 Å². The number of nitrogens with zero attached hydrogens (tertiary/aromatic N) is 1. The van der Waals surface area contributed by atoms with Crippen LogP contribution in [0.2, 0.25) is 0 Å². The minimum absolute atomic E-state index is 0.0144. The largest absolute Gasteiger partial charge is 0.395 e. The molecule has 1 aromatic rings. The standard InChI is InChI=1S/C16H25FN2O2/c1-16(2,3)14(11-20)19(4)9-8-15(21)18-13-7-5-6-12(17)10-13/h5-7,10,14,20H,8-9,11H2,1-4H3,(H,18,21). The van der Waals surface area contributed by atoms with Crippen molar-refractivity contribution >= 4 is 11.6 Å². The Balaban J connectivity index is 2.49. The highest BCUT2D eigenvalue weighted by Gasteiger charge is 2.27. The number of rotatable bonds is 6. The Morgan fingerprint density at radius 3 is 2.62 bits per heavy atom. The van der Waals surface area contributed by atoms with Gasteiger partial charge in [-0.15, -0.1) is 0 Å². The van der Waals surface area contributed by atoms with E-state index < -0.39 is 0 Å². The monoisotopic (exact) mass is 296 g/mol. The first kappa shape index (κ1) is 17.6. The molecular weight excluding hydrogens is 271 g/mol. The average Bonchev–Trinajstić information content (AvgIpc) is 2.35. The first-order chi connectivity index (χ1) is 9.74. The average molecular weight is 296 g/mol. The third-order valence-electron chi connectivity index (χ3n) is 3.50. The molecule has 1 aromatic carbocycles. The van der Waals surface area contributed by atoms with Crippen LogP contribution < -0.4 is 5.32 Å². The van der Waals surface area contributed by atoms with Gasteiger partial charge in [-0.3, -0.25) is 4.79 Å². The van der Waals surface area contributed by atoms with Crippen LogP contribution in [0.25, 0.3) is 0 Å². The smallest absolute Gasteiger partial charge is 0.225 e. The minimum atomic E-state index is -0.377. The number of hydrogen-bond donors (Lipinski definition) is 2. The predicted molar refractivity (Wildman–Crippen MR) is 82.6 cm³/mol. The van der Waals surface area contributed by atoms with E-state index in [9.17, 15) is 14.3 Å². The van der Waals surface area contributed by atoms with Crippen LogP contribution in [0.3, 0.4) is 0 Å². The van der Waals surface area contributed by atoms with Crippen LogP contribution in [0.1, 0.15) is 27.2 Å². The molecule has 0 radical (unpaired) electrons. The lowest BCUT2D eigenvalue weighted by Crippen LogP contribution is -2.45. The van der Waals surface area contributed by atoms with Crippen LogP contribution in [-0.2, 0) is 4.79 Å². The Morgan fingerprint density at radius 1 is 1.43 bits per heavy atom. The second-order valence-corrected chi connectivity index (χ2v) is 6.35. The molecule has 0 spiro atoms. The molecular formula is C16H25FN2O2. The molecule has 0 aliphatic carbocycles. The van der Waals surface area contributed by atoms with Gasteiger partial charge in [0, 0.05) is 24.7 Å². The van der Waals surface area contributed by atoms with Crippen molar-refractivity contribution in [3.8, 4) is 0 Å². The summed E-state index contributed by atoms with van der Waals surface area (Å²) in [6.07, 6.45) is 0.291. The zero-order valence-electron chi connectivity index (χ0n) is 13.2. The van der Waals surface area contributed by atoms with Crippen molar-refractivity contribution in [2.24, 2.45) is 5.41 Å². The Hall–Kier alpha value is -1.46. The molecule has 0 aliphatic rings. The van der Waals surface area contributed by atoms with Gasteiger partial charge in [0.15, 0.2) is 0 Å². The van der Waals surface area contributed by atoms with Gasteiger partial charge >= 0.3 is 0 Å². The number of anilines is 1. The third kappa shape index (κ3) is 5.81. The maximum absolute atomic E-state index is 13.0. The number of halogens is 1. The van der Waals surface area contributed by atoms with Gasteiger partial charge in [-0.25, -0.2) is 4.39 Å². The number of carbonyl (C=O) groups is 1. The molecule has 0 saturated carbocycles. The normalized spacial score (nSPS) is 13.3. The Labute approximate surface area is 126 Å². The highest BCUT2D eigenvalue weighted by Crippen LogP contribution is 2.23. The Morgan fingerprint density at radius 2 is 2.10 bits per heavy atom. The van der Waals surface area contributed by atoms with Gasteiger partial charge in [-0.2, -0.15) is 0 Å². The summed E-state index contributed by atoms with van der Waals surface area (Å²) in [5.74, 6) is -0.545. The molecule has 0 bridgehead atoms. The highest BCUT2D eigenvalue weighted by molar-refractivity contribution is 5.90. The summed E-state index contributed by atoms with van der Waals surface area (Å²) in [4.78, 5) is 13.8. The summed E-state index contributed by atoms with van der Waals surface area (Å²) < 4.78 is 13.0. The van der Waals surface area contributed by atoms with E-state index in [2.05, 4.69) is 26.1 Å². The molecule has 21 heavy (non-hydrogen) atoms. The molecule has 118 valence electrons. The van der Waals surface area contributed by atoms with Crippen molar-refractivity contribution in [1.29, 1.82) is 0 Å². The summed E-state index contributed by atoms with van der Waals surface area (Å²) in [5, 5.41) is 12.1. The molecule has 1 atom stereocenters. The topological polar surface area (TPSA) is 52.6 Å². The zero-order valence-corrected chi connectivity index (χ0v) is 13.2. The lowest BCUT2D eigenvalue weighted by molar-refractivity contribution is -0.116. The molecule has 1 amide bonds. The van der Waals surface area contributed by atoms with Crippen LogP contribution in [0, 0.1) is 11.2 Å². The van der Waals surface area contributed by atoms with Gasteiger partial charge < -0.3 is 15.3 Å². The first-order valence-electron chi connectivity index (χ1n) is 7.10. The number of aliphatic hydroxyl groups excluding tert-OH is 1. The van der Waals surface area contributed by atoms with Gasteiger partial charge in [0.2, 0.25) is 5.91 Å². The quantitative estimate of drug-likeness (QED) is 0.848. The molecule has 5 heteroatoms. The van der Waals surface area contributed by atoms with E-state index in [-0.39, 0.29) is 29.8 Å². The van der Waals surface area contributed by atoms with Crippen molar-refractivity contribution in [2.75, 3.05) is 25.5 Å². The van der Waals surface area contributed by atoms with E-state index >= 15 is 0 Å². The number of carbonyl (C=O) groups excluding carboxylic acids is 1. The van der Waals surface area contributed by atoms with Crippen molar-refractivity contribution in [3.63, 3.8) is 0 Å². The van der Waals surface area contributed by atoms with Crippen LogP contribution >= 0.6 is 0 Å². The lowest BCUT2D eigenvalue weighted by atomic mass is 9.86. The molecule has 0 saturated heterocycles. The molecule has 0 fully saturated rings. The van der Waals surface area contributed by atoms with Crippen molar-refractivity contribution in [3.05, 3.63) is 30.1 Å². The molecule has 0 aromatic heterocycles. The van der Waals surface area contributed by atoms with E-state index in [1.807, 2.05) is 11.9 Å². The molecule has 4 nitrogen and oxygen atoms in total. The van der Waals surface area contributed by atoms with Gasteiger partial charge in [-0.05, 0) is 30.7 Å². The second-order valence-electron chi connectivity index (χ2n) is 6.35. The zero-order chi connectivity index (χ0) is 16.0. The van der Waals surface area contributed by atoms with E-state index in [1.165, 1.54) is 12.1 Å². The molecule has 1 rings (SSSR count). The van der Waals surface area contributed by atoms with Gasteiger partial charge in [0.25, 0.3) is 0 Å². The number of amides is 1. The maximum Gasteiger partial charge on any atom is 0.225 e. The summed E-state index contributed by atoms with van der Waals surface area (Å²) >= 11 is 0. The first-order valence-corrected chi connectivity index (χ1v) is 7.10. The van der Waals surface area contributed by atoms with Crippen molar-refractivity contribution < 1.29 is 14.3 Å². The fraction of sp³-hybridized carbons (Fsp3) is 0.562. The molecule has 0 heterocycles. The summed E-state index contributed by atoms with van der Waals surface area (Å²) in [5.41, 5.74) is 0.389. The third-order valence-corrected chi connectivity index (χ3v) is 3.50. The van der Waals surface area contributed by atoms with Gasteiger partial charge in [-0.1, -0.05) is 26.8 Å². The van der Waals surface area contributed by atoms with Crippen LogP contribution in [0.4, 0.5) is 10.1 Å². The number of aliphatic hydroxyl groups is 1. The van der Waals surface area contributed by atoms with E-state index in [0.29, 0.717) is 18.7 Å². The maximum atomic E-state index is 13.0. The van der Waals surface area contributed by atoms with E-state index in [0.717, 1.165) is 0 Å². The number of benzene rings is 1. The number of hydrogen-bond acceptors (Lipinski definition) is 3. The SMILES string of the molecule is CN(CCC(=O)Nc1cccc(F)c1)C(CO)C(C)(C)C. The van der Waals surface area contributed by atoms with Crippen LogP contribution in [0.15, 0.2) is 24.3 Å². The Kier molecular flexibility index (Phi) is 6.30. The summed E-state index contributed by atoms with van der Waals surface area (Å²) in [6.45, 7) is 6.74. The second kappa shape index (κ2) is 7.52. The highest BCUT2D eigenvalue weighted by atomic mass is 19.1. The Bertz CT molecular complexity index is 472. The lowest BCUT2D eigenvalue weighted by Gasteiger charge is -2.36. The molecule has 2 N–H and O–H groups in total. The fourth-order valence-corrected chi connectivity index (χ4v) is 2.30. The summed E-state index contributed by atoms with van der Waals surface area (Å²) in [7, 11) is 1.89. The van der Waals surface area contributed by atoms with Crippen LogP contribution in [0.5, 0.6) is 0 Å². The number of likely N-dealkylation sites (N-methyl/N-ethyl adjacent to an activating group) is 1. The van der Waals surface area contributed by atoms with E-state index in [4.69, 9.17) is 0 Å². The molecule has 1 unspecified atom stereocenters. The predicted octanol–water partition coefficient (Wildman–Crippen LogP) is 2.49. The van der Waals surface area contributed by atoms with Crippen molar-refractivity contribution in [1.82, 2.24) is 4.90 Å². The minimum Gasteiger partial charge on any atom is -0.395 e. The fourth-order valence-electron chi connectivity index (χ4n) is 2.30.